The number of pyridine rings is 1. The quantitative estimate of drug-likeness (QED) is 0.214. The molecule has 1 heterocycles. The highest BCUT2D eigenvalue weighted by Crippen LogP contribution is 2.36. The molecule has 1 aromatic heterocycles. The molecule has 33 heavy (non-hydrogen) atoms. The van der Waals surface area contributed by atoms with Crippen molar-refractivity contribution in [2.45, 2.75) is 0 Å². The summed E-state index contributed by atoms with van der Waals surface area (Å²) >= 11 is 0. The van der Waals surface area contributed by atoms with Crippen LogP contribution in [0, 0.1) is 0 Å². The molecule has 4 rings (SSSR count). The Hall–Kier alpha value is -4.45. The van der Waals surface area contributed by atoms with Crippen molar-refractivity contribution >= 4 is 28.4 Å². The Morgan fingerprint density at radius 1 is 0.727 bits per heavy atom. The maximum absolute atomic E-state index is 12.9. The van der Waals surface area contributed by atoms with Gasteiger partial charge in [0.2, 0.25) is 5.69 Å². The van der Waals surface area contributed by atoms with Gasteiger partial charge in [0.15, 0.2) is 6.20 Å². The molecule has 1 N–H and O–H groups in total. The maximum atomic E-state index is 12.9. The van der Waals surface area contributed by atoms with Gasteiger partial charge in [-0.3, -0.25) is 0 Å². The average Bonchev–Trinajstić information content (AvgIpc) is 2.88. The largest absolute Gasteiger partial charge is 0.497 e. The second-order valence-electron chi connectivity index (χ2n) is 7.22. The van der Waals surface area contributed by atoms with Gasteiger partial charge in [-0.15, -0.1) is 4.57 Å². The summed E-state index contributed by atoms with van der Waals surface area (Å²) in [7, 11) is 2.32. The van der Waals surface area contributed by atoms with Gasteiger partial charge in [0.1, 0.15) is 0 Å². The minimum Gasteiger partial charge on any atom is -0.497 e. The Kier molecular flexibility index (Phi) is 6.17. The monoisotopic (exact) mass is 440 g/mol. The molecule has 6 nitrogen and oxygen atoms in total. The molecule has 0 unspecified atom stereocenters. The van der Waals surface area contributed by atoms with E-state index in [2.05, 4.69) is 4.74 Å². The van der Waals surface area contributed by atoms with Gasteiger partial charge in [0.25, 0.3) is 5.76 Å². The van der Waals surface area contributed by atoms with Crippen molar-refractivity contribution in [2.75, 3.05) is 14.2 Å². The Balaban J connectivity index is 2.24. The average molecular weight is 440 g/mol. The molecule has 0 spiro atoms. The summed E-state index contributed by atoms with van der Waals surface area (Å²) in [6.07, 6.45) is 1.70. The zero-order chi connectivity index (χ0) is 23.4. The highest BCUT2D eigenvalue weighted by atomic mass is 16.5. The SMILES string of the molecule is COC(=O)/C(O)=C(\C(=O)OC)[n+]1cc2ccccc2c(-c2ccccc2)c1-c1ccccc1. The standard InChI is InChI=1S/C27H21NO5/c1-32-26(30)24(25(29)27(31)33-2)28-17-20-15-9-10-16-21(20)22(18-11-5-3-6-12-18)23(28)19-13-7-4-8-14-19/h3-17H,1-2H3/p+1. The number of ether oxygens (including phenoxy) is 2. The number of carbonyl (C=O) groups is 2. The second kappa shape index (κ2) is 9.36. The number of benzene rings is 3. The van der Waals surface area contributed by atoms with Crippen LogP contribution in [0.15, 0.2) is 96.9 Å². The number of aromatic nitrogens is 1. The smallest absolute Gasteiger partial charge is 0.408 e. The van der Waals surface area contributed by atoms with Gasteiger partial charge in [0.05, 0.1) is 19.8 Å². The van der Waals surface area contributed by atoms with Crippen LogP contribution in [0.3, 0.4) is 0 Å². The van der Waals surface area contributed by atoms with Gasteiger partial charge in [-0.1, -0.05) is 66.7 Å². The van der Waals surface area contributed by atoms with Crippen molar-refractivity contribution in [3.05, 3.63) is 96.9 Å². The first-order chi connectivity index (χ1) is 16.1. The Morgan fingerprint density at radius 2 is 1.27 bits per heavy atom. The number of fused-ring (bicyclic) bond motifs is 1. The van der Waals surface area contributed by atoms with Crippen LogP contribution in [0.1, 0.15) is 0 Å². The third kappa shape index (κ3) is 4.06. The molecule has 0 fully saturated rings. The van der Waals surface area contributed by atoms with E-state index >= 15 is 0 Å². The first kappa shape index (κ1) is 21.8. The molecule has 0 aliphatic carbocycles. The van der Waals surface area contributed by atoms with Crippen LogP contribution in [-0.4, -0.2) is 31.3 Å². The summed E-state index contributed by atoms with van der Waals surface area (Å²) < 4.78 is 11.1. The number of esters is 2. The fourth-order valence-corrected chi connectivity index (χ4v) is 3.84. The molecule has 0 radical (unpaired) electrons. The summed E-state index contributed by atoms with van der Waals surface area (Å²) in [5, 5.41) is 12.5. The van der Waals surface area contributed by atoms with Gasteiger partial charge >= 0.3 is 17.6 Å². The molecule has 0 saturated carbocycles. The molecule has 164 valence electrons. The summed E-state index contributed by atoms with van der Waals surface area (Å²) in [6, 6.07) is 26.9. The molecule has 0 bridgehead atoms. The number of aliphatic hydroxyl groups excluding tert-OH is 1. The number of carbonyl (C=O) groups excluding carboxylic acids is 2. The van der Waals surface area contributed by atoms with Crippen LogP contribution in [0.5, 0.6) is 0 Å². The number of nitrogens with zero attached hydrogens (tertiary/aromatic N) is 1. The molecule has 4 aromatic rings. The van der Waals surface area contributed by atoms with E-state index in [1.165, 1.54) is 11.7 Å². The predicted octanol–water partition coefficient (Wildman–Crippen LogP) is 4.53. The third-order valence-electron chi connectivity index (χ3n) is 5.31. The first-order valence-electron chi connectivity index (χ1n) is 10.2. The van der Waals surface area contributed by atoms with E-state index in [0.29, 0.717) is 5.69 Å². The van der Waals surface area contributed by atoms with Crippen LogP contribution >= 0.6 is 0 Å². The maximum Gasteiger partial charge on any atom is 0.408 e. The fraction of sp³-hybridized carbons (Fsp3) is 0.0741. The minimum absolute atomic E-state index is 0.342. The number of methoxy groups -OCH3 is 2. The summed E-state index contributed by atoms with van der Waals surface area (Å²) in [5.74, 6) is -2.77. The molecule has 0 saturated heterocycles. The zero-order valence-electron chi connectivity index (χ0n) is 18.2. The zero-order valence-corrected chi connectivity index (χ0v) is 18.2. The lowest BCUT2D eigenvalue weighted by Crippen LogP contribution is -2.41. The van der Waals surface area contributed by atoms with Crippen molar-refractivity contribution in [3.8, 4) is 22.4 Å². The first-order valence-corrected chi connectivity index (χ1v) is 10.2. The van der Waals surface area contributed by atoms with Gasteiger partial charge in [0, 0.05) is 16.3 Å². The summed E-state index contributed by atoms with van der Waals surface area (Å²) in [5.41, 5.74) is 2.78. The summed E-state index contributed by atoms with van der Waals surface area (Å²) in [4.78, 5) is 25.1. The number of aliphatic hydroxyl groups is 1. The van der Waals surface area contributed by atoms with E-state index in [1.807, 2.05) is 84.9 Å². The van der Waals surface area contributed by atoms with E-state index in [1.54, 1.807) is 6.20 Å². The number of hydrogen-bond acceptors (Lipinski definition) is 5. The van der Waals surface area contributed by atoms with E-state index in [0.717, 1.165) is 34.6 Å². The van der Waals surface area contributed by atoms with Crippen LogP contribution in [0.2, 0.25) is 0 Å². The normalized spacial score (nSPS) is 11.6. The molecular weight excluding hydrogens is 418 g/mol. The predicted molar refractivity (Wildman–Crippen MR) is 125 cm³/mol. The van der Waals surface area contributed by atoms with Gasteiger partial charge in [-0.2, -0.15) is 0 Å². The molecule has 3 aromatic carbocycles. The topological polar surface area (TPSA) is 76.7 Å². The highest BCUT2D eigenvalue weighted by molar-refractivity contribution is 6.14. The lowest BCUT2D eigenvalue weighted by molar-refractivity contribution is -0.565. The van der Waals surface area contributed by atoms with Crippen molar-refractivity contribution in [1.82, 2.24) is 0 Å². The van der Waals surface area contributed by atoms with E-state index in [-0.39, 0.29) is 5.70 Å². The van der Waals surface area contributed by atoms with Gasteiger partial charge < -0.3 is 14.6 Å². The molecule has 0 atom stereocenters. The lowest BCUT2D eigenvalue weighted by Gasteiger charge is -2.14. The Bertz CT molecular complexity index is 1360. The fourth-order valence-electron chi connectivity index (χ4n) is 3.84. The molecular formula is C27H22NO5+. The number of hydrogen-bond donors (Lipinski definition) is 1. The van der Waals surface area contributed by atoms with E-state index in [9.17, 15) is 14.7 Å². The van der Waals surface area contributed by atoms with Gasteiger partial charge in [-0.05, 0) is 23.8 Å². The van der Waals surface area contributed by atoms with Crippen LogP contribution < -0.4 is 4.57 Å². The molecule has 0 amide bonds. The third-order valence-corrected chi connectivity index (χ3v) is 5.31. The second-order valence-corrected chi connectivity index (χ2v) is 7.22. The van der Waals surface area contributed by atoms with Crippen molar-refractivity contribution in [1.29, 1.82) is 0 Å². The van der Waals surface area contributed by atoms with Crippen LogP contribution in [0.4, 0.5) is 0 Å². The van der Waals surface area contributed by atoms with E-state index < -0.39 is 17.7 Å². The molecule has 6 heteroatoms. The van der Waals surface area contributed by atoms with Crippen LogP contribution in [0.25, 0.3) is 38.9 Å². The molecule has 0 aliphatic heterocycles. The highest BCUT2D eigenvalue weighted by Gasteiger charge is 2.36. The van der Waals surface area contributed by atoms with Crippen molar-refractivity contribution < 1.29 is 28.7 Å². The van der Waals surface area contributed by atoms with E-state index in [4.69, 9.17) is 4.74 Å². The molecule has 0 aliphatic rings. The Labute approximate surface area is 191 Å². The van der Waals surface area contributed by atoms with Crippen molar-refractivity contribution in [2.24, 2.45) is 0 Å². The van der Waals surface area contributed by atoms with Crippen molar-refractivity contribution in [3.63, 3.8) is 0 Å². The summed E-state index contributed by atoms with van der Waals surface area (Å²) in [6.45, 7) is 0. The minimum atomic E-state index is -1.05. The number of rotatable bonds is 5. The van der Waals surface area contributed by atoms with Crippen LogP contribution in [-0.2, 0) is 19.1 Å². The Morgan fingerprint density at radius 3 is 1.88 bits per heavy atom. The van der Waals surface area contributed by atoms with Gasteiger partial charge in [-0.25, -0.2) is 9.59 Å². The lowest BCUT2D eigenvalue weighted by atomic mass is 9.93.